The van der Waals surface area contributed by atoms with E-state index in [1.165, 1.54) is 13.0 Å². The first-order chi connectivity index (χ1) is 36.2. The fraction of sp³-hybridized carbons (Fsp3) is 0.345. The van der Waals surface area contributed by atoms with Crippen molar-refractivity contribution in [1.29, 1.82) is 0 Å². The van der Waals surface area contributed by atoms with Gasteiger partial charge in [-0.15, -0.1) is 5.10 Å². The minimum Gasteiger partial charge on any atom is -0.497 e. The van der Waals surface area contributed by atoms with E-state index in [0.29, 0.717) is 48.1 Å². The molecule has 392 valence electrons. The van der Waals surface area contributed by atoms with Crippen LogP contribution >= 0.6 is 11.6 Å². The van der Waals surface area contributed by atoms with Gasteiger partial charge >= 0.3 is 12.1 Å². The molecule has 2 saturated heterocycles. The number of anilines is 2. The topological polar surface area (TPSA) is 131 Å². The van der Waals surface area contributed by atoms with Gasteiger partial charge in [-0.1, -0.05) is 48.0 Å². The van der Waals surface area contributed by atoms with Crippen molar-refractivity contribution >= 4 is 29.1 Å². The Morgan fingerprint density at radius 1 is 0.933 bits per heavy atom. The van der Waals surface area contributed by atoms with Gasteiger partial charge in [0.2, 0.25) is 0 Å². The molecule has 14 nitrogen and oxygen atoms in total. The van der Waals surface area contributed by atoms with Crippen LogP contribution in [0.3, 0.4) is 0 Å². The summed E-state index contributed by atoms with van der Waals surface area (Å²) in [5.41, 5.74) is -0.292. The van der Waals surface area contributed by atoms with Crippen molar-refractivity contribution in [3.05, 3.63) is 158 Å². The highest BCUT2D eigenvalue weighted by Gasteiger charge is 2.50. The number of nitrogens with zero attached hydrogens (tertiary/aromatic N) is 7. The van der Waals surface area contributed by atoms with Gasteiger partial charge in [-0.25, -0.2) is 13.8 Å². The number of pyridine rings is 1. The number of hydrogen-bond donors (Lipinski definition) is 2. The van der Waals surface area contributed by atoms with Crippen LogP contribution in [-0.2, 0) is 30.5 Å². The van der Waals surface area contributed by atoms with Crippen LogP contribution in [0.15, 0.2) is 108 Å². The maximum atomic E-state index is 18.3. The first kappa shape index (κ1) is 51.1. The molecule has 0 bridgehead atoms. The molecule has 4 aliphatic heterocycles. The predicted molar refractivity (Wildman–Crippen MR) is 273 cm³/mol. The van der Waals surface area contributed by atoms with Crippen LogP contribution in [0.5, 0.6) is 23.0 Å². The molecule has 0 radical (unpaired) electrons. The Hall–Kier alpha value is -7.38. The fourth-order valence-corrected chi connectivity index (χ4v) is 10.9. The van der Waals surface area contributed by atoms with Gasteiger partial charge in [-0.2, -0.15) is 18.3 Å². The molecule has 20 heteroatoms. The van der Waals surface area contributed by atoms with Crippen molar-refractivity contribution in [2.75, 3.05) is 57.9 Å². The Kier molecular flexibility index (Phi) is 14.4. The molecular formula is C55H55ClF5N9O5. The average Bonchev–Trinajstić information content (AvgIpc) is 3.92. The second-order valence-corrected chi connectivity index (χ2v) is 19.4. The van der Waals surface area contributed by atoms with Gasteiger partial charge in [-0.3, -0.25) is 9.89 Å². The molecule has 0 spiro atoms. The summed E-state index contributed by atoms with van der Waals surface area (Å²) in [6.45, 7) is 4.78. The smallest absolute Gasteiger partial charge is 0.418 e. The molecule has 2 N–H and O–H groups in total. The Balaban J connectivity index is 1.12. The highest BCUT2D eigenvalue weighted by atomic mass is 35.5. The molecule has 3 atom stereocenters. The standard InChI is InChI=1S/C55H55ClF5N9O5/c1-32-23-42(68(26-35-9-15-39(72-4)16-10-35)27-36-11-17-40(73-5)18-12-36)66-49(46(32)55(59,60)61)44-47(56)50-45-51(48(44)58)75-43(74-30-54-20-6-22-69(54)28-37(57)24-54)29-70(53(45)64-31-63-50)33(2)41-19-21-65-67-52(41)62-25-34-7-13-38(71-3)14-8-34/h7-19,21,23,29,33,37,64H,6,20,22,24-28,30-31H2,1-5H3,(H,62,67)/t33?,37-,54+/m1/s1. The van der Waals surface area contributed by atoms with E-state index < -0.39 is 57.3 Å². The number of methoxy groups -OCH3 is 3. The molecule has 0 aliphatic carbocycles. The molecule has 2 aromatic heterocycles. The van der Waals surface area contributed by atoms with Crippen molar-refractivity contribution < 1.29 is 45.6 Å². The highest BCUT2D eigenvalue weighted by Crippen LogP contribution is 2.45. The highest BCUT2D eigenvalue weighted by molar-refractivity contribution is 6.33. The van der Waals surface area contributed by atoms with Crippen LogP contribution in [0.1, 0.15) is 65.6 Å². The summed E-state index contributed by atoms with van der Waals surface area (Å²) in [6, 6.07) is 24.6. The maximum absolute atomic E-state index is 18.3. The molecule has 6 heterocycles. The predicted octanol–water partition coefficient (Wildman–Crippen LogP) is 9.60. The van der Waals surface area contributed by atoms with Crippen molar-refractivity contribution in [3.8, 4) is 34.3 Å². The molecule has 2 fully saturated rings. The van der Waals surface area contributed by atoms with Crippen LogP contribution in [0.25, 0.3) is 17.1 Å². The number of aromatic nitrogens is 3. The maximum Gasteiger partial charge on any atom is 0.418 e. The summed E-state index contributed by atoms with van der Waals surface area (Å²) < 4.78 is 110. The number of benzene rings is 4. The van der Waals surface area contributed by atoms with Gasteiger partial charge < -0.3 is 44.1 Å². The van der Waals surface area contributed by atoms with Crippen LogP contribution in [0.2, 0.25) is 5.02 Å². The largest absolute Gasteiger partial charge is 0.497 e. The third-order valence-electron chi connectivity index (χ3n) is 14.3. The van der Waals surface area contributed by atoms with Crippen LogP contribution < -0.4 is 45.1 Å². The van der Waals surface area contributed by atoms with Crippen molar-refractivity contribution in [1.82, 2.24) is 30.3 Å². The van der Waals surface area contributed by atoms with E-state index in [2.05, 4.69) is 30.7 Å². The number of nitrogens with one attached hydrogen (secondary N) is 2. The van der Waals surface area contributed by atoms with Crippen LogP contribution in [-0.4, -0.2) is 84.4 Å². The molecule has 75 heavy (non-hydrogen) atoms. The molecule has 4 aromatic carbocycles. The van der Waals surface area contributed by atoms with E-state index in [9.17, 15) is 0 Å². The van der Waals surface area contributed by atoms with Gasteiger partial charge in [0.25, 0.3) is 0 Å². The Morgan fingerprint density at radius 2 is 1.57 bits per heavy atom. The monoisotopic (exact) mass is 1050 g/mol. The van der Waals surface area contributed by atoms with Crippen molar-refractivity contribution in [3.63, 3.8) is 0 Å². The van der Waals surface area contributed by atoms with E-state index in [-0.39, 0.29) is 73.1 Å². The molecule has 6 aromatic rings. The average molecular weight is 1050 g/mol. The minimum atomic E-state index is -5.03. The number of rotatable bonds is 17. The van der Waals surface area contributed by atoms with Crippen LogP contribution in [0, 0.1) is 12.7 Å². The lowest BCUT2D eigenvalue weighted by atomic mass is 9.95. The number of ether oxygens (including phenoxy) is 5. The van der Waals surface area contributed by atoms with Gasteiger partial charge in [0.1, 0.15) is 48.3 Å². The van der Waals surface area contributed by atoms with Crippen molar-refractivity contribution in [2.24, 2.45) is 4.99 Å². The lowest BCUT2D eigenvalue weighted by Gasteiger charge is -2.33. The molecule has 1 unspecified atom stereocenters. The lowest BCUT2D eigenvalue weighted by molar-refractivity contribution is -0.137. The van der Waals surface area contributed by atoms with Gasteiger partial charge in [0, 0.05) is 38.2 Å². The van der Waals surface area contributed by atoms with E-state index in [0.717, 1.165) is 23.1 Å². The van der Waals surface area contributed by atoms with Crippen molar-refractivity contribution in [2.45, 2.75) is 76.7 Å². The molecule has 10 rings (SSSR count). The molecular weight excluding hydrogens is 997 g/mol. The summed E-state index contributed by atoms with van der Waals surface area (Å²) in [7, 11) is 4.70. The summed E-state index contributed by atoms with van der Waals surface area (Å²) in [5.74, 6) is 0.855. The second kappa shape index (κ2) is 21.1. The first-order valence-electron chi connectivity index (χ1n) is 24.5. The lowest BCUT2D eigenvalue weighted by Crippen LogP contribution is -2.45. The summed E-state index contributed by atoms with van der Waals surface area (Å²) in [6.07, 6.45) is -1.27. The third-order valence-corrected chi connectivity index (χ3v) is 14.7. The van der Waals surface area contributed by atoms with E-state index in [1.54, 1.807) is 73.9 Å². The molecule has 0 amide bonds. The number of fused-ring (bicyclic) bond motifs is 1. The van der Waals surface area contributed by atoms with Crippen LogP contribution in [0.4, 0.5) is 33.6 Å². The summed E-state index contributed by atoms with van der Waals surface area (Å²) in [5, 5.41) is 14.9. The number of aryl methyl sites for hydroxylation is 1. The normalized spacial score (nSPS) is 18.4. The first-order valence-corrected chi connectivity index (χ1v) is 24.9. The summed E-state index contributed by atoms with van der Waals surface area (Å²) >= 11 is 7.29. The Labute approximate surface area is 435 Å². The molecule has 4 aliphatic rings. The fourth-order valence-electron chi connectivity index (χ4n) is 10.5. The molecule has 0 saturated carbocycles. The van der Waals surface area contributed by atoms with E-state index >= 15 is 22.0 Å². The number of hydrogen-bond acceptors (Lipinski definition) is 14. The zero-order valence-electron chi connectivity index (χ0n) is 41.9. The van der Waals surface area contributed by atoms with E-state index in [4.69, 9.17) is 40.3 Å². The van der Waals surface area contributed by atoms with Gasteiger partial charge in [0.05, 0.1) is 77.7 Å². The third kappa shape index (κ3) is 10.3. The SMILES string of the molecule is COc1ccc(CNc2nnccc2C(C)N2C=C(OC[C@@]34CCCN3C[C@H](F)C4)Oc3c(F)c(-c4nc(N(Cc5ccc(OC)cc5)Cc5ccc(OC)cc5)cc(C)c4C(F)(F)F)c(Cl)c4c3=C2NCN=4)cc1. The second-order valence-electron chi connectivity index (χ2n) is 19.0. The Bertz CT molecular complexity index is 3190. The van der Waals surface area contributed by atoms with Gasteiger partial charge in [0.15, 0.2) is 17.4 Å². The minimum absolute atomic E-state index is 0.0103. The zero-order chi connectivity index (χ0) is 52.6. The summed E-state index contributed by atoms with van der Waals surface area (Å²) in [4.78, 5) is 15.0. The van der Waals surface area contributed by atoms with Gasteiger partial charge in [-0.05, 0) is 104 Å². The zero-order valence-corrected chi connectivity index (χ0v) is 42.7. The number of halogens is 6. The van der Waals surface area contributed by atoms with E-state index in [1.807, 2.05) is 55.5 Å². The Morgan fingerprint density at radius 3 is 2.20 bits per heavy atom. The quantitative estimate of drug-likeness (QED) is 0.0842. The number of alkyl halides is 4.